The van der Waals surface area contributed by atoms with Crippen LogP contribution in [0.3, 0.4) is 0 Å². The average Bonchev–Trinajstić information content (AvgIpc) is 2.75. The molecule has 0 radical (unpaired) electrons. The average molecular weight is 496 g/mol. The van der Waals surface area contributed by atoms with E-state index < -0.39 is 27.0 Å². The number of alkyl halides is 3. The maximum absolute atomic E-state index is 12.7. The van der Waals surface area contributed by atoms with Gasteiger partial charge in [-0.15, -0.1) is 13.2 Å². The number of halogens is 3. The SMILES string of the molecule is CCN(CC)c1cc(C)nc(Nc2ccc(NS(=O)(=O)c3ccccc3OC(F)(F)F)cc2)n1. The maximum Gasteiger partial charge on any atom is 0.573 e. The number of hydrogen-bond acceptors (Lipinski definition) is 7. The summed E-state index contributed by atoms with van der Waals surface area (Å²) < 4.78 is 69.4. The van der Waals surface area contributed by atoms with Gasteiger partial charge in [0, 0.05) is 36.2 Å². The number of ether oxygens (including phenoxy) is 1. The molecule has 0 amide bonds. The number of rotatable bonds is 9. The Labute approximate surface area is 195 Å². The smallest absolute Gasteiger partial charge is 0.404 e. The van der Waals surface area contributed by atoms with Crippen molar-refractivity contribution in [3.8, 4) is 5.75 Å². The highest BCUT2D eigenvalue weighted by molar-refractivity contribution is 7.92. The van der Waals surface area contributed by atoms with Crippen LogP contribution >= 0.6 is 0 Å². The van der Waals surface area contributed by atoms with Crippen molar-refractivity contribution in [1.29, 1.82) is 0 Å². The van der Waals surface area contributed by atoms with E-state index >= 15 is 0 Å². The molecule has 0 unspecified atom stereocenters. The molecule has 12 heteroatoms. The van der Waals surface area contributed by atoms with Crippen molar-refractivity contribution in [2.45, 2.75) is 32.0 Å². The Kier molecular flexibility index (Phi) is 7.50. The number of benzene rings is 2. The molecule has 0 atom stereocenters. The highest BCUT2D eigenvalue weighted by Gasteiger charge is 2.34. The van der Waals surface area contributed by atoms with Crippen LogP contribution in [-0.2, 0) is 10.0 Å². The van der Waals surface area contributed by atoms with Crippen LogP contribution in [0.1, 0.15) is 19.5 Å². The predicted octanol–water partition coefficient (Wildman–Crippen LogP) is 5.07. The normalized spacial score (nSPS) is 11.7. The molecule has 2 N–H and O–H groups in total. The number of hydrogen-bond donors (Lipinski definition) is 2. The largest absolute Gasteiger partial charge is 0.573 e. The van der Waals surface area contributed by atoms with Gasteiger partial charge in [0.1, 0.15) is 16.5 Å². The number of aromatic nitrogens is 2. The fourth-order valence-electron chi connectivity index (χ4n) is 3.16. The quantitative estimate of drug-likeness (QED) is 0.428. The third-order valence-electron chi connectivity index (χ3n) is 4.69. The Hall–Kier alpha value is -3.54. The molecule has 34 heavy (non-hydrogen) atoms. The lowest BCUT2D eigenvalue weighted by molar-refractivity contribution is -0.275. The number of aryl methyl sites for hydroxylation is 1. The van der Waals surface area contributed by atoms with E-state index in [0.29, 0.717) is 11.6 Å². The second kappa shape index (κ2) is 10.2. The fourth-order valence-corrected chi connectivity index (χ4v) is 4.35. The minimum absolute atomic E-state index is 0.154. The molecule has 1 aromatic heterocycles. The van der Waals surface area contributed by atoms with Crippen LogP contribution in [-0.4, -0.2) is 37.8 Å². The molecule has 182 valence electrons. The van der Waals surface area contributed by atoms with Crippen molar-refractivity contribution in [3.63, 3.8) is 0 Å². The Morgan fingerprint density at radius 2 is 1.59 bits per heavy atom. The van der Waals surface area contributed by atoms with Crippen LogP contribution in [0.15, 0.2) is 59.5 Å². The molecule has 0 saturated carbocycles. The van der Waals surface area contributed by atoms with Crippen LogP contribution in [0.2, 0.25) is 0 Å². The number of para-hydroxylation sites is 1. The van der Waals surface area contributed by atoms with E-state index in [1.807, 2.05) is 26.8 Å². The molecule has 0 bridgehead atoms. The summed E-state index contributed by atoms with van der Waals surface area (Å²) in [5.74, 6) is 0.346. The van der Waals surface area contributed by atoms with E-state index in [4.69, 9.17) is 0 Å². The molecule has 3 aromatic rings. The lowest BCUT2D eigenvalue weighted by atomic mass is 10.3. The van der Waals surface area contributed by atoms with Crippen molar-refractivity contribution in [2.75, 3.05) is 28.0 Å². The van der Waals surface area contributed by atoms with Gasteiger partial charge in [0.25, 0.3) is 10.0 Å². The fraction of sp³-hybridized carbons (Fsp3) is 0.273. The van der Waals surface area contributed by atoms with Gasteiger partial charge in [0.2, 0.25) is 5.95 Å². The van der Waals surface area contributed by atoms with Crippen molar-refractivity contribution < 1.29 is 26.3 Å². The molecular formula is C22H24F3N5O3S. The van der Waals surface area contributed by atoms with Gasteiger partial charge in [-0.2, -0.15) is 4.98 Å². The summed E-state index contributed by atoms with van der Waals surface area (Å²) in [5.41, 5.74) is 1.53. The first-order valence-corrected chi connectivity index (χ1v) is 11.8. The Morgan fingerprint density at radius 1 is 0.971 bits per heavy atom. The Balaban J connectivity index is 1.77. The van der Waals surface area contributed by atoms with Gasteiger partial charge < -0.3 is 15.0 Å². The van der Waals surface area contributed by atoms with E-state index in [9.17, 15) is 21.6 Å². The standard InChI is InChI=1S/C22H24F3N5O3S/c1-4-30(5-2)20-14-15(3)26-21(28-20)27-16-10-12-17(13-11-16)29-34(31,32)19-9-7-6-8-18(19)33-22(23,24)25/h6-14,29H,4-5H2,1-3H3,(H,26,27,28). The summed E-state index contributed by atoms with van der Waals surface area (Å²) in [5, 5.41) is 3.07. The topological polar surface area (TPSA) is 96.5 Å². The second-order valence-electron chi connectivity index (χ2n) is 7.17. The van der Waals surface area contributed by atoms with Crippen LogP contribution in [0.5, 0.6) is 5.75 Å². The van der Waals surface area contributed by atoms with E-state index in [1.165, 1.54) is 24.3 Å². The molecule has 1 heterocycles. The van der Waals surface area contributed by atoms with Gasteiger partial charge in [0.15, 0.2) is 0 Å². The predicted molar refractivity (Wildman–Crippen MR) is 124 cm³/mol. The first-order valence-electron chi connectivity index (χ1n) is 10.4. The highest BCUT2D eigenvalue weighted by Crippen LogP contribution is 2.31. The van der Waals surface area contributed by atoms with Crippen molar-refractivity contribution in [2.24, 2.45) is 0 Å². The van der Waals surface area contributed by atoms with E-state index in [-0.39, 0.29) is 5.69 Å². The Morgan fingerprint density at radius 3 is 2.21 bits per heavy atom. The summed E-state index contributed by atoms with van der Waals surface area (Å²) in [7, 11) is -4.34. The number of sulfonamides is 1. The molecular weight excluding hydrogens is 471 g/mol. The molecule has 0 saturated heterocycles. The zero-order valence-corrected chi connectivity index (χ0v) is 19.5. The Bertz CT molecular complexity index is 1230. The molecule has 2 aromatic carbocycles. The van der Waals surface area contributed by atoms with Crippen LogP contribution in [0.4, 0.5) is 36.3 Å². The third kappa shape index (κ3) is 6.50. The molecule has 0 aliphatic carbocycles. The highest BCUT2D eigenvalue weighted by atomic mass is 32.2. The van der Waals surface area contributed by atoms with Gasteiger partial charge in [-0.1, -0.05) is 12.1 Å². The summed E-state index contributed by atoms with van der Waals surface area (Å²) >= 11 is 0. The van der Waals surface area contributed by atoms with Crippen LogP contribution in [0.25, 0.3) is 0 Å². The molecule has 3 rings (SSSR count). The lowest BCUT2D eigenvalue weighted by Crippen LogP contribution is -2.23. The summed E-state index contributed by atoms with van der Waals surface area (Å²) in [6.07, 6.45) is -5.03. The van der Waals surface area contributed by atoms with E-state index in [1.54, 1.807) is 12.1 Å². The molecule has 0 aliphatic rings. The minimum Gasteiger partial charge on any atom is -0.404 e. The summed E-state index contributed by atoms with van der Waals surface area (Å²) in [4.78, 5) is 10.3. The lowest BCUT2D eigenvalue weighted by Gasteiger charge is -2.20. The number of nitrogens with one attached hydrogen (secondary N) is 2. The molecule has 0 aliphatic heterocycles. The van der Waals surface area contributed by atoms with Gasteiger partial charge in [-0.25, -0.2) is 13.4 Å². The zero-order chi connectivity index (χ0) is 24.9. The summed E-state index contributed by atoms with van der Waals surface area (Å²) in [6, 6.07) is 12.5. The molecule has 8 nitrogen and oxygen atoms in total. The number of nitrogens with zero attached hydrogens (tertiary/aromatic N) is 3. The first kappa shape index (κ1) is 25.1. The van der Waals surface area contributed by atoms with Crippen LogP contribution in [0, 0.1) is 6.92 Å². The maximum atomic E-state index is 12.7. The van der Waals surface area contributed by atoms with Crippen molar-refractivity contribution in [1.82, 2.24) is 9.97 Å². The number of anilines is 4. The third-order valence-corrected chi connectivity index (χ3v) is 6.11. The monoisotopic (exact) mass is 495 g/mol. The van der Waals surface area contributed by atoms with Gasteiger partial charge in [0.05, 0.1) is 0 Å². The molecule has 0 fully saturated rings. The van der Waals surface area contributed by atoms with Crippen molar-refractivity contribution >= 4 is 33.2 Å². The van der Waals surface area contributed by atoms with E-state index in [2.05, 4.69) is 29.6 Å². The summed E-state index contributed by atoms with van der Waals surface area (Å²) in [6.45, 7) is 7.50. The van der Waals surface area contributed by atoms with Crippen molar-refractivity contribution in [3.05, 3.63) is 60.3 Å². The first-order chi connectivity index (χ1) is 16.0. The molecule has 0 spiro atoms. The van der Waals surface area contributed by atoms with Gasteiger partial charge in [-0.3, -0.25) is 4.72 Å². The van der Waals surface area contributed by atoms with Gasteiger partial charge in [-0.05, 0) is 57.2 Å². The van der Waals surface area contributed by atoms with Gasteiger partial charge >= 0.3 is 6.36 Å². The van der Waals surface area contributed by atoms with E-state index in [0.717, 1.165) is 36.7 Å². The van der Waals surface area contributed by atoms with Crippen LogP contribution < -0.4 is 19.7 Å². The second-order valence-corrected chi connectivity index (χ2v) is 8.82. The minimum atomic E-state index is -5.03. The zero-order valence-electron chi connectivity index (χ0n) is 18.7.